The van der Waals surface area contributed by atoms with Crippen molar-refractivity contribution in [2.75, 3.05) is 5.32 Å². The molecule has 0 aliphatic carbocycles. The van der Waals surface area contributed by atoms with Gasteiger partial charge in [0.25, 0.3) is 0 Å². The van der Waals surface area contributed by atoms with Crippen molar-refractivity contribution < 1.29 is 9.21 Å². The highest BCUT2D eigenvalue weighted by Gasteiger charge is 2.13. The summed E-state index contributed by atoms with van der Waals surface area (Å²) >= 11 is 0. The molecule has 2 aromatic heterocycles. The van der Waals surface area contributed by atoms with Crippen LogP contribution in [0.15, 0.2) is 57.7 Å². The standard InChI is InChI=1S/C18H11N5O3/c19-8-7-17(24)20-12-6-5-11-9-15(18(25)26-16(11)10-12)23-14-4-2-1-3-13(14)21-22-23/h1-6,9-10H,7H2,(H,20,24). The quantitative estimate of drug-likeness (QED) is 0.570. The second-order valence-electron chi connectivity index (χ2n) is 5.54. The summed E-state index contributed by atoms with van der Waals surface area (Å²) in [6.07, 6.45) is -0.250. The van der Waals surface area contributed by atoms with Crippen LogP contribution >= 0.6 is 0 Å². The number of aromatic nitrogens is 3. The number of hydrogen-bond donors (Lipinski definition) is 1. The van der Waals surface area contributed by atoms with E-state index in [0.29, 0.717) is 27.7 Å². The normalized spacial score (nSPS) is 10.7. The number of nitrogens with zero attached hydrogens (tertiary/aromatic N) is 4. The first kappa shape index (κ1) is 15.5. The Morgan fingerprint density at radius 3 is 2.92 bits per heavy atom. The first-order chi connectivity index (χ1) is 12.7. The molecule has 8 nitrogen and oxygen atoms in total. The van der Waals surface area contributed by atoms with Gasteiger partial charge in [-0.2, -0.15) is 5.26 Å². The summed E-state index contributed by atoms with van der Waals surface area (Å²) in [5, 5.41) is 19.8. The second kappa shape index (κ2) is 6.14. The molecule has 0 bridgehead atoms. The van der Waals surface area contributed by atoms with E-state index in [0.717, 1.165) is 0 Å². The van der Waals surface area contributed by atoms with Crippen molar-refractivity contribution in [1.29, 1.82) is 5.26 Å². The van der Waals surface area contributed by atoms with Crippen LogP contribution in [0.5, 0.6) is 0 Å². The maximum atomic E-state index is 12.4. The van der Waals surface area contributed by atoms with Gasteiger partial charge in [-0.1, -0.05) is 17.3 Å². The van der Waals surface area contributed by atoms with Crippen LogP contribution in [-0.2, 0) is 4.79 Å². The SMILES string of the molecule is N#CCC(=O)Nc1ccc2cc(-n3nnc4ccccc43)c(=O)oc2c1. The molecule has 0 aliphatic heterocycles. The van der Waals surface area contributed by atoms with E-state index < -0.39 is 11.5 Å². The number of carbonyl (C=O) groups excluding carboxylic acids is 1. The van der Waals surface area contributed by atoms with Crippen molar-refractivity contribution in [3.63, 3.8) is 0 Å². The van der Waals surface area contributed by atoms with E-state index in [1.807, 2.05) is 18.2 Å². The lowest BCUT2D eigenvalue weighted by Gasteiger charge is -2.06. The third-order valence-corrected chi connectivity index (χ3v) is 3.82. The monoisotopic (exact) mass is 345 g/mol. The van der Waals surface area contributed by atoms with Gasteiger partial charge in [0.15, 0.2) is 5.69 Å². The van der Waals surface area contributed by atoms with Gasteiger partial charge in [0, 0.05) is 17.1 Å². The van der Waals surface area contributed by atoms with Crippen molar-refractivity contribution in [3.8, 4) is 11.8 Å². The van der Waals surface area contributed by atoms with Crippen LogP contribution in [0.3, 0.4) is 0 Å². The maximum absolute atomic E-state index is 12.4. The van der Waals surface area contributed by atoms with Crippen molar-refractivity contribution >= 4 is 33.6 Å². The molecule has 0 atom stereocenters. The number of anilines is 1. The average Bonchev–Trinajstić information content (AvgIpc) is 3.05. The van der Waals surface area contributed by atoms with Crippen LogP contribution < -0.4 is 10.9 Å². The highest BCUT2D eigenvalue weighted by molar-refractivity contribution is 5.94. The molecule has 0 spiro atoms. The van der Waals surface area contributed by atoms with E-state index in [1.54, 1.807) is 30.3 Å². The molecule has 4 rings (SSSR count). The lowest BCUT2D eigenvalue weighted by atomic mass is 10.2. The zero-order valence-electron chi connectivity index (χ0n) is 13.3. The summed E-state index contributed by atoms with van der Waals surface area (Å²) in [6.45, 7) is 0. The number of fused-ring (bicyclic) bond motifs is 2. The minimum atomic E-state index is -0.575. The predicted octanol–water partition coefficient (Wildman–Crippen LogP) is 2.38. The number of hydrogen-bond acceptors (Lipinski definition) is 6. The summed E-state index contributed by atoms with van der Waals surface area (Å²) in [5.74, 6) is -0.431. The minimum absolute atomic E-state index is 0.243. The highest BCUT2D eigenvalue weighted by Crippen LogP contribution is 2.21. The molecular weight excluding hydrogens is 334 g/mol. The molecule has 2 heterocycles. The van der Waals surface area contributed by atoms with Gasteiger partial charge in [0.05, 0.1) is 11.6 Å². The van der Waals surface area contributed by atoms with E-state index in [-0.39, 0.29) is 12.1 Å². The van der Waals surface area contributed by atoms with Crippen LogP contribution in [0.25, 0.3) is 27.7 Å². The summed E-state index contributed by atoms with van der Waals surface area (Å²) < 4.78 is 6.82. The fourth-order valence-corrected chi connectivity index (χ4v) is 2.65. The number of nitrogens with one attached hydrogen (secondary N) is 1. The summed E-state index contributed by atoms with van der Waals surface area (Å²) in [7, 11) is 0. The Morgan fingerprint density at radius 2 is 2.08 bits per heavy atom. The van der Waals surface area contributed by atoms with Gasteiger partial charge in [-0.25, -0.2) is 9.48 Å². The molecule has 0 aliphatic rings. The molecule has 0 saturated carbocycles. The number of carbonyl (C=O) groups is 1. The van der Waals surface area contributed by atoms with Crippen LogP contribution in [0, 0.1) is 11.3 Å². The maximum Gasteiger partial charge on any atom is 0.362 e. The lowest BCUT2D eigenvalue weighted by Crippen LogP contribution is -2.12. The number of rotatable bonds is 3. The van der Waals surface area contributed by atoms with Gasteiger partial charge in [-0.3, -0.25) is 4.79 Å². The fraction of sp³-hybridized carbons (Fsp3) is 0.0556. The minimum Gasteiger partial charge on any atom is -0.421 e. The topological polar surface area (TPSA) is 114 Å². The molecule has 26 heavy (non-hydrogen) atoms. The smallest absolute Gasteiger partial charge is 0.362 e. The average molecular weight is 345 g/mol. The van der Waals surface area contributed by atoms with E-state index in [2.05, 4.69) is 15.6 Å². The Bertz CT molecular complexity index is 1250. The van der Waals surface area contributed by atoms with Crippen molar-refractivity contribution in [2.45, 2.75) is 6.42 Å². The Hall–Kier alpha value is -3.99. The number of amides is 1. The molecular formula is C18H11N5O3. The zero-order valence-corrected chi connectivity index (χ0v) is 13.3. The van der Waals surface area contributed by atoms with E-state index >= 15 is 0 Å². The molecule has 8 heteroatoms. The van der Waals surface area contributed by atoms with Gasteiger partial charge in [-0.05, 0) is 30.3 Å². The third kappa shape index (κ3) is 2.67. The summed E-state index contributed by atoms with van der Waals surface area (Å²) in [4.78, 5) is 23.9. The Balaban J connectivity index is 1.79. The summed E-state index contributed by atoms with van der Waals surface area (Å²) in [5.41, 5.74) is 1.79. The van der Waals surface area contributed by atoms with E-state index in [1.165, 1.54) is 10.7 Å². The number of benzene rings is 2. The third-order valence-electron chi connectivity index (χ3n) is 3.82. The second-order valence-corrected chi connectivity index (χ2v) is 5.54. The van der Waals surface area contributed by atoms with Crippen molar-refractivity contribution in [1.82, 2.24) is 15.0 Å². The highest BCUT2D eigenvalue weighted by atomic mass is 16.4. The van der Waals surface area contributed by atoms with Crippen molar-refractivity contribution in [3.05, 3.63) is 59.0 Å². The van der Waals surface area contributed by atoms with Gasteiger partial charge in [0.2, 0.25) is 5.91 Å². The molecule has 4 aromatic rings. The van der Waals surface area contributed by atoms with Crippen molar-refractivity contribution in [2.24, 2.45) is 0 Å². The molecule has 0 radical (unpaired) electrons. The molecule has 0 saturated heterocycles. The van der Waals surface area contributed by atoms with E-state index in [4.69, 9.17) is 9.68 Å². The number of nitriles is 1. The van der Waals surface area contributed by atoms with Gasteiger partial charge in [-0.15, -0.1) is 5.10 Å². The molecule has 0 fully saturated rings. The fourth-order valence-electron chi connectivity index (χ4n) is 2.65. The van der Waals surface area contributed by atoms with Crippen LogP contribution in [0.2, 0.25) is 0 Å². The van der Waals surface area contributed by atoms with Crippen LogP contribution in [0.1, 0.15) is 6.42 Å². The Kier molecular flexibility index (Phi) is 3.67. The first-order valence-corrected chi connectivity index (χ1v) is 7.71. The van der Waals surface area contributed by atoms with Crippen LogP contribution in [0.4, 0.5) is 5.69 Å². The molecule has 1 amide bonds. The number of para-hydroxylation sites is 1. The van der Waals surface area contributed by atoms with E-state index in [9.17, 15) is 9.59 Å². The van der Waals surface area contributed by atoms with Crippen LogP contribution in [-0.4, -0.2) is 20.9 Å². The van der Waals surface area contributed by atoms with Gasteiger partial charge < -0.3 is 9.73 Å². The Morgan fingerprint density at radius 1 is 1.23 bits per heavy atom. The molecule has 2 aromatic carbocycles. The lowest BCUT2D eigenvalue weighted by molar-refractivity contribution is -0.115. The predicted molar refractivity (Wildman–Crippen MR) is 93.8 cm³/mol. The Labute approximate surface area is 146 Å². The largest absolute Gasteiger partial charge is 0.421 e. The zero-order chi connectivity index (χ0) is 18.1. The summed E-state index contributed by atoms with van der Waals surface area (Å²) in [6, 6.07) is 15.6. The van der Waals surface area contributed by atoms with Gasteiger partial charge in [0.1, 0.15) is 17.5 Å². The molecule has 0 unspecified atom stereocenters. The van der Waals surface area contributed by atoms with Gasteiger partial charge >= 0.3 is 5.63 Å². The molecule has 126 valence electrons. The first-order valence-electron chi connectivity index (χ1n) is 7.71. The molecule has 1 N–H and O–H groups in total.